The third-order valence-corrected chi connectivity index (χ3v) is 0.257. The van der Waals surface area contributed by atoms with Crippen LogP contribution in [0.15, 0.2) is 0 Å². The first-order valence-electron chi connectivity index (χ1n) is 1.59. The van der Waals surface area contributed by atoms with Crippen LogP contribution in [0.4, 0.5) is 0 Å². The third kappa shape index (κ3) is 10.9. The Bertz CT molecular complexity index is 57.7. The molecule has 0 saturated heterocycles. The molecule has 0 fully saturated rings. The molecule has 7 heavy (non-hydrogen) atoms. The minimum Gasteiger partial charge on any atom is -0.379 e. The largest absolute Gasteiger partial charge is 1.00 e. The molecule has 0 aliphatic carbocycles. The van der Waals surface area contributed by atoms with Gasteiger partial charge in [0.05, 0.1) is 0 Å². The van der Waals surface area contributed by atoms with Crippen LogP contribution in [0.2, 0.25) is 0 Å². The SMILES string of the molecule is CC[N-][N+](=O)[O-].[K+]. The molecule has 5 heteroatoms. The predicted octanol–water partition coefficient (Wildman–Crippen LogP) is -2.42. The van der Waals surface area contributed by atoms with Crippen molar-refractivity contribution in [3.63, 3.8) is 0 Å². The summed E-state index contributed by atoms with van der Waals surface area (Å²) in [5.74, 6) is 0. The van der Waals surface area contributed by atoms with Gasteiger partial charge < -0.3 is 5.43 Å². The molecular formula is C2H5KN2O2. The van der Waals surface area contributed by atoms with Gasteiger partial charge >= 0.3 is 51.4 Å². The van der Waals surface area contributed by atoms with Crippen molar-refractivity contribution < 1.29 is 56.4 Å². The first-order chi connectivity index (χ1) is 2.77. The minimum absolute atomic E-state index is 0. The van der Waals surface area contributed by atoms with Crippen molar-refractivity contribution in [1.29, 1.82) is 0 Å². The number of rotatable bonds is 2. The topological polar surface area (TPSA) is 57.2 Å². The summed E-state index contributed by atoms with van der Waals surface area (Å²) >= 11 is 0. The maximum Gasteiger partial charge on any atom is 1.00 e. The van der Waals surface area contributed by atoms with E-state index >= 15 is 0 Å². The second-order valence-electron chi connectivity index (χ2n) is 0.695. The van der Waals surface area contributed by atoms with Crippen molar-refractivity contribution in [2.45, 2.75) is 6.92 Å². The molecule has 0 saturated carbocycles. The zero-order chi connectivity index (χ0) is 4.99. The van der Waals surface area contributed by atoms with Crippen LogP contribution >= 0.6 is 0 Å². The standard InChI is InChI=1S/C2H5N2O2.K/c1-2-3-4(5)6;/h2H2,1H3;/q-1;+1. The summed E-state index contributed by atoms with van der Waals surface area (Å²) in [6.07, 6.45) is 0. The van der Waals surface area contributed by atoms with Crippen LogP contribution in [0.1, 0.15) is 6.92 Å². The molecule has 0 aromatic heterocycles. The molecule has 4 nitrogen and oxygen atoms in total. The van der Waals surface area contributed by atoms with Gasteiger partial charge in [0.25, 0.3) is 0 Å². The van der Waals surface area contributed by atoms with Gasteiger partial charge in [-0.25, -0.2) is 0 Å². The van der Waals surface area contributed by atoms with Crippen molar-refractivity contribution in [3.05, 3.63) is 15.5 Å². The Morgan fingerprint density at radius 1 is 1.86 bits per heavy atom. The van der Waals surface area contributed by atoms with Gasteiger partial charge in [0, 0.05) is 0 Å². The van der Waals surface area contributed by atoms with Gasteiger partial charge in [0.1, 0.15) is 0 Å². The molecule has 0 aromatic carbocycles. The van der Waals surface area contributed by atoms with Crippen LogP contribution in [0.25, 0.3) is 5.43 Å². The Hall–Kier alpha value is 0.836. The van der Waals surface area contributed by atoms with Crippen molar-refractivity contribution in [1.82, 2.24) is 0 Å². The molecule has 0 bridgehead atoms. The molecular weight excluding hydrogens is 123 g/mol. The normalized spacial score (nSPS) is 6.43. The Labute approximate surface area is 84.2 Å². The molecule has 0 amide bonds. The van der Waals surface area contributed by atoms with E-state index in [1.807, 2.05) is 0 Å². The second-order valence-corrected chi connectivity index (χ2v) is 0.695. The summed E-state index contributed by atoms with van der Waals surface area (Å²) in [7, 11) is 0. The average molecular weight is 128 g/mol. The van der Waals surface area contributed by atoms with Gasteiger partial charge in [-0.05, 0) is 5.03 Å². The number of hydrogen-bond acceptors (Lipinski definition) is 2. The van der Waals surface area contributed by atoms with E-state index in [9.17, 15) is 10.1 Å². The first-order valence-corrected chi connectivity index (χ1v) is 1.59. The van der Waals surface area contributed by atoms with Crippen LogP contribution in [0.5, 0.6) is 0 Å². The van der Waals surface area contributed by atoms with Crippen molar-refractivity contribution in [3.8, 4) is 0 Å². The molecule has 36 valence electrons. The molecule has 0 aliphatic rings. The Balaban J connectivity index is 0. The average Bonchev–Trinajstić information content (AvgIpc) is 1.35. The quantitative estimate of drug-likeness (QED) is 0.236. The summed E-state index contributed by atoms with van der Waals surface area (Å²) in [6, 6.07) is 0. The maximum atomic E-state index is 9.24. The number of nitrogens with zero attached hydrogens (tertiary/aromatic N) is 2. The second kappa shape index (κ2) is 6.84. The minimum atomic E-state index is -0.694. The fraction of sp³-hybridized carbons (Fsp3) is 1.00. The predicted molar refractivity (Wildman–Crippen MR) is 20.9 cm³/mol. The number of hydrogen-bond donors (Lipinski definition) is 0. The van der Waals surface area contributed by atoms with E-state index in [0.29, 0.717) is 0 Å². The van der Waals surface area contributed by atoms with Crippen molar-refractivity contribution >= 4 is 0 Å². The molecule has 0 aliphatic heterocycles. The van der Waals surface area contributed by atoms with Gasteiger partial charge in [0.2, 0.25) is 0 Å². The molecule has 0 atom stereocenters. The van der Waals surface area contributed by atoms with E-state index < -0.39 is 5.03 Å². The number of nitro groups is 1. The Kier molecular flexibility index (Phi) is 10.5. The first kappa shape index (κ1) is 10.8. The molecule has 0 radical (unpaired) electrons. The Morgan fingerprint density at radius 3 is 2.29 bits per heavy atom. The van der Waals surface area contributed by atoms with Gasteiger partial charge in [0.15, 0.2) is 0 Å². The van der Waals surface area contributed by atoms with E-state index in [0.717, 1.165) is 0 Å². The monoisotopic (exact) mass is 128 g/mol. The van der Waals surface area contributed by atoms with Crippen LogP contribution in [-0.2, 0) is 0 Å². The van der Waals surface area contributed by atoms with Gasteiger partial charge in [-0.1, -0.05) is 13.5 Å². The van der Waals surface area contributed by atoms with Crippen molar-refractivity contribution in [2.24, 2.45) is 0 Å². The Morgan fingerprint density at radius 2 is 2.29 bits per heavy atom. The summed E-state index contributed by atoms with van der Waals surface area (Å²) in [4.78, 5) is 9.24. The van der Waals surface area contributed by atoms with E-state index in [1.54, 1.807) is 6.92 Å². The summed E-state index contributed by atoms with van der Waals surface area (Å²) in [5.41, 5.74) is 2.85. The summed E-state index contributed by atoms with van der Waals surface area (Å²) < 4.78 is 0. The molecule has 0 unspecified atom stereocenters. The van der Waals surface area contributed by atoms with Gasteiger partial charge in [-0.2, -0.15) is 0 Å². The zero-order valence-electron chi connectivity index (χ0n) is 4.42. The summed E-state index contributed by atoms with van der Waals surface area (Å²) in [5, 5.41) is 8.54. The van der Waals surface area contributed by atoms with Crippen LogP contribution < -0.4 is 51.4 Å². The fourth-order valence-corrected chi connectivity index (χ4v) is 0.115. The molecule has 0 N–H and O–H groups in total. The van der Waals surface area contributed by atoms with Gasteiger partial charge in [-0.15, -0.1) is 0 Å². The van der Waals surface area contributed by atoms with E-state index in [1.165, 1.54) is 0 Å². The van der Waals surface area contributed by atoms with Gasteiger partial charge in [-0.3, -0.25) is 10.1 Å². The molecule has 0 rings (SSSR count). The van der Waals surface area contributed by atoms with E-state index in [2.05, 4.69) is 5.43 Å². The summed E-state index contributed by atoms with van der Waals surface area (Å²) in [6.45, 7) is 1.87. The van der Waals surface area contributed by atoms with Crippen LogP contribution in [0.3, 0.4) is 0 Å². The molecule has 0 spiro atoms. The van der Waals surface area contributed by atoms with Crippen LogP contribution in [0, 0.1) is 10.1 Å². The smallest absolute Gasteiger partial charge is 0.379 e. The fourth-order valence-electron chi connectivity index (χ4n) is 0.115. The third-order valence-electron chi connectivity index (χ3n) is 0.257. The zero-order valence-corrected chi connectivity index (χ0v) is 7.54. The van der Waals surface area contributed by atoms with E-state index in [4.69, 9.17) is 0 Å². The maximum absolute atomic E-state index is 9.24. The van der Waals surface area contributed by atoms with Crippen molar-refractivity contribution in [2.75, 3.05) is 6.54 Å². The van der Waals surface area contributed by atoms with E-state index in [-0.39, 0.29) is 57.9 Å². The van der Waals surface area contributed by atoms with Crippen LogP contribution in [-0.4, -0.2) is 11.6 Å². The molecule has 0 heterocycles. The molecule has 0 aromatic rings.